The molecule has 12 heteroatoms. The number of carbonyl (C=O) groups excluding carboxylic acids is 2. The van der Waals surface area contributed by atoms with Crippen LogP contribution < -0.4 is 5.73 Å². The van der Waals surface area contributed by atoms with E-state index < -0.39 is 51.1 Å². The number of aliphatic carboxylic acids is 1. The molecule has 0 bridgehead atoms. The molecule has 0 aliphatic rings. The van der Waals surface area contributed by atoms with E-state index in [0.717, 1.165) is 25.7 Å². The topological polar surface area (TPSA) is 172 Å². The minimum absolute atomic E-state index is 0.105. The van der Waals surface area contributed by atoms with Crippen LogP contribution in [0, 0.1) is 0 Å². The number of carboxylic acid groups (broad SMARTS) is 1. The monoisotopic (exact) mass is 441 g/mol. The van der Waals surface area contributed by atoms with Crippen LogP contribution in [0.15, 0.2) is 0 Å². The van der Waals surface area contributed by atoms with Crippen LogP contribution >= 0.6 is 7.82 Å². The van der Waals surface area contributed by atoms with Gasteiger partial charge in [-0.05, 0) is 6.42 Å². The number of unbranched alkanes of at least 4 members (excludes halogenated alkanes) is 4. The van der Waals surface area contributed by atoms with E-state index in [2.05, 4.69) is 11.4 Å². The van der Waals surface area contributed by atoms with Crippen LogP contribution in [0.3, 0.4) is 0 Å². The zero-order valence-corrected chi connectivity index (χ0v) is 17.8. The minimum Gasteiger partial charge on any atom is -0.480 e. The van der Waals surface area contributed by atoms with Crippen molar-refractivity contribution in [1.29, 1.82) is 0 Å². The van der Waals surface area contributed by atoms with Crippen molar-refractivity contribution in [2.75, 3.05) is 19.8 Å². The maximum atomic E-state index is 12.0. The van der Waals surface area contributed by atoms with E-state index in [1.54, 1.807) is 6.92 Å². The maximum absolute atomic E-state index is 12.0. The predicted octanol–water partition coefficient (Wildman–Crippen LogP) is 1.76. The highest BCUT2D eigenvalue weighted by Crippen LogP contribution is 2.43. The molecule has 0 rings (SSSR count). The summed E-state index contributed by atoms with van der Waals surface area (Å²) in [6.07, 6.45) is 3.81. The SMILES string of the molecule is CCCCCCCC(=O)O[C@H](COC(=O)CC)COP(=O)(O)OC[C@H](N)C(=O)O. The number of phosphoric acid groups is 1. The number of nitrogens with two attached hydrogens (primary N) is 1. The molecule has 0 saturated carbocycles. The Kier molecular flexibility index (Phi) is 14.5. The van der Waals surface area contributed by atoms with Gasteiger partial charge in [0.05, 0.1) is 13.2 Å². The lowest BCUT2D eigenvalue weighted by atomic mass is 10.1. The van der Waals surface area contributed by atoms with E-state index in [9.17, 15) is 23.8 Å². The molecule has 0 aliphatic carbocycles. The van der Waals surface area contributed by atoms with Crippen molar-refractivity contribution in [3.8, 4) is 0 Å². The lowest BCUT2D eigenvalue weighted by Gasteiger charge is -2.20. The summed E-state index contributed by atoms with van der Waals surface area (Å²) in [6, 6.07) is -1.51. The quantitative estimate of drug-likeness (QED) is 0.170. The molecular formula is C17H32NO10P. The minimum atomic E-state index is -4.65. The standard InChI is InChI=1S/C17H32NO10P/c1-3-5-6-7-8-9-16(20)28-13(10-25-15(19)4-2)11-26-29(23,24)27-12-14(18)17(21)22/h13-14H,3-12,18H2,1-2H3,(H,21,22)(H,23,24)/t13-,14+/m1/s1. The fourth-order valence-corrected chi connectivity index (χ4v) is 2.76. The number of esters is 2. The van der Waals surface area contributed by atoms with Crippen molar-refractivity contribution < 1.29 is 47.5 Å². The third-order valence-electron chi connectivity index (χ3n) is 3.66. The first-order valence-electron chi connectivity index (χ1n) is 9.56. The predicted molar refractivity (Wildman–Crippen MR) is 102 cm³/mol. The van der Waals surface area contributed by atoms with Crippen molar-refractivity contribution in [3.63, 3.8) is 0 Å². The Labute approximate surface area is 170 Å². The molecule has 0 fully saturated rings. The second-order valence-electron chi connectivity index (χ2n) is 6.32. The Morgan fingerprint density at radius 3 is 2.17 bits per heavy atom. The summed E-state index contributed by atoms with van der Waals surface area (Å²) in [5.74, 6) is -2.51. The molecule has 0 radical (unpaired) electrons. The van der Waals surface area contributed by atoms with Gasteiger partial charge in [-0.15, -0.1) is 0 Å². The van der Waals surface area contributed by atoms with Gasteiger partial charge in [0.1, 0.15) is 12.6 Å². The van der Waals surface area contributed by atoms with E-state index in [0.29, 0.717) is 6.42 Å². The van der Waals surface area contributed by atoms with Crippen LogP contribution in [0.5, 0.6) is 0 Å². The first-order chi connectivity index (χ1) is 13.6. The smallest absolute Gasteiger partial charge is 0.472 e. The normalized spacial score (nSPS) is 15.2. The van der Waals surface area contributed by atoms with Crippen molar-refractivity contribution in [1.82, 2.24) is 0 Å². The third-order valence-corrected chi connectivity index (χ3v) is 4.61. The Bertz CT molecular complexity index is 556. The van der Waals surface area contributed by atoms with Crippen LogP contribution in [0.1, 0.15) is 58.8 Å². The Morgan fingerprint density at radius 1 is 0.966 bits per heavy atom. The van der Waals surface area contributed by atoms with Crippen LogP contribution in [0.25, 0.3) is 0 Å². The van der Waals surface area contributed by atoms with Crippen LogP contribution in [0.4, 0.5) is 0 Å². The van der Waals surface area contributed by atoms with Gasteiger partial charge in [0.2, 0.25) is 0 Å². The lowest BCUT2D eigenvalue weighted by molar-refractivity contribution is -0.161. The molecular weight excluding hydrogens is 409 g/mol. The lowest BCUT2D eigenvalue weighted by Crippen LogP contribution is -2.34. The maximum Gasteiger partial charge on any atom is 0.472 e. The molecule has 0 aromatic carbocycles. The highest BCUT2D eigenvalue weighted by Gasteiger charge is 2.27. The largest absolute Gasteiger partial charge is 0.480 e. The van der Waals surface area contributed by atoms with Gasteiger partial charge in [0, 0.05) is 12.8 Å². The second-order valence-corrected chi connectivity index (χ2v) is 7.77. The van der Waals surface area contributed by atoms with Crippen molar-refractivity contribution in [2.24, 2.45) is 5.73 Å². The summed E-state index contributed by atoms with van der Waals surface area (Å²) >= 11 is 0. The van der Waals surface area contributed by atoms with E-state index in [1.807, 2.05) is 0 Å². The second kappa shape index (κ2) is 15.3. The molecule has 170 valence electrons. The van der Waals surface area contributed by atoms with Gasteiger partial charge in [0.15, 0.2) is 6.10 Å². The highest BCUT2D eigenvalue weighted by molar-refractivity contribution is 7.47. The molecule has 0 heterocycles. The number of phosphoric ester groups is 1. The molecule has 0 spiro atoms. The summed E-state index contributed by atoms with van der Waals surface area (Å²) in [7, 11) is -4.65. The summed E-state index contributed by atoms with van der Waals surface area (Å²) in [6.45, 7) is 1.96. The number of carbonyl (C=O) groups is 3. The molecule has 0 amide bonds. The van der Waals surface area contributed by atoms with Gasteiger partial charge in [-0.25, -0.2) is 4.57 Å². The van der Waals surface area contributed by atoms with Gasteiger partial charge < -0.3 is 25.2 Å². The van der Waals surface area contributed by atoms with Gasteiger partial charge in [0.25, 0.3) is 0 Å². The molecule has 1 unspecified atom stereocenters. The molecule has 4 N–H and O–H groups in total. The van der Waals surface area contributed by atoms with Gasteiger partial charge in [-0.1, -0.05) is 39.5 Å². The zero-order valence-electron chi connectivity index (χ0n) is 16.9. The Hall–Kier alpha value is -1.52. The number of rotatable bonds is 17. The average molecular weight is 441 g/mol. The fourth-order valence-electron chi connectivity index (χ4n) is 1.98. The third kappa shape index (κ3) is 15.0. The fraction of sp³-hybridized carbons (Fsp3) is 0.824. The van der Waals surface area contributed by atoms with Gasteiger partial charge in [-0.3, -0.25) is 23.4 Å². The number of hydrogen-bond acceptors (Lipinski definition) is 9. The van der Waals surface area contributed by atoms with Crippen LogP contribution in [0.2, 0.25) is 0 Å². The molecule has 29 heavy (non-hydrogen) atoms. The molecule has 3 atom stereocenters. The summed E-state index contributed by atoms with van der Waals surface area (Å²) in [5, 5.41) is 8.64. The summed E-state index contributed by atoms with van der Waals surface area (Å²) in [4.78, 5) is 43.5. The molecule has 0 aliphatic heterocycles. The number of ether oxygens (including phenoxy) is 2. The van der Waals surface area contributed by atoms with E-state index in [4.69, 9.17) is 24.8 Å². The van der Waals surface area contributed by atoms with Gasteiger partial charge >= 0.3 is 25.7 Å². The first kappa shape index (κ1) is 27.5. The molecule has 0 aromatic heterocycles. The van der Waals surface area contributed by atoms with Crippen LogP contribution in [-0.4, -0.2) is 59.9 Å². The summed E-state index contributed by atoms with van der Waals surface area (Å²) in [5.41, 5.74) is 5.18. The highest BCUT2D eigenvalue weighted by atomic mass is 31.2. The summed E-state index contributed by atoms with van der Waals surface area (Å²) < 4.78 is 31.1. The Morgan fingerprint density at radius 2 is 1.59 bits per heavy atom. The number of hydrogen-bond donors (Lipinski definition) is 3. The van der Waals surface area contributed by atoms with Crippen molar-refractivity contribution >= 4 is 25.7 Å². The van der Waals surface area contributed by atoms with Crippen LogP contribution in [-0.2, 0) is 37.5 Å². The van der Waals surface area contributed by atoms with E-state index in [1.165, 1.54) is 0 Å². The van der Waals surface area contributed by atoms with Crippen molar-refractivity contribution in [3.05, 3.63) is 0 Å². The van der Waals surface area contributed by atoms with E-state index >= 15 is 0 Å². The average Bonchev–Trinajstić information content (AvgIpc) is 2.67. The van der Waals surface area contributed by atoms with Gasteiger partial charge in [-0.2, -0.15) is 0 Å². The Balaban J connectivity index is 4.58. The van der Waals surface area contributed by atoms with E-state index in [-0.39, 0.29) is 19.4 Å². The molecule has 0 saturated heterocycles. The first-order valence-corrected chi connectivity index (χ1v) is 11.1. The zero-order chi connectivity index (χ0) is 22.3. The van der Waals surface area contributed by atoms with Crippen molar-refractivity contribution in [2.45, 2.75) is 70.9 Å². The molecule has 11 nitrogen and oxygen atoms in total. The molecule has 0 aromatic rings. The number of carboxylic acids is 1.